The number of halogens is 1. The Morgan fingerprint density at radius 1 is 1.37 bits per heavy atom. The van der Waals surface area contributed by atoms with Gasteiger partial charge in [-0.3, -0.25) is 4.79 Å². The van der Waals surface area contributed by atoms with Crippen LogP contribution in [-0.2, 0) is 14.6 Å². The summed E-state index contributed by atoms with van der Waals surface area (Å²) < 4.78 is 23.9. The van der Waals surface area contributed by atoms with Crippen LogP contribution in [0.5, 0.6) is 0 Å². The molecule has 106 valence electrons. The lowest BCUT2D eigenvalue weighted by atomic mass is 10.2. The highest BCUT2D eigenvalue weighted by molar-refractivity contribution is 8.00. The fourth-order valence-corrected chi connectivity index (χ4v) is 4.18. The first-order chi connectivity index (χ1) is 8.83. The molecule has 7 heteroatoms. The van der Waals surface area contributed by atoms with Gasteiger partial charge in [0.2, 0.25) is 0 Å². The SMILES string of the molecule is CC(CSCCS(=O)(=O)c1ccc(Cl)cc1)C(=O)O. The standard InChI is InChI=1S/C12H15ClO4S2/c1-9(12(14)15)8-18-6-7-19(16,17)11-4-2-10(13)3-5-11/h2-5,9H,6-8H2,1H3,(H,14,15). The molecule has 0 saturated heterocycles. The molecule has 0 amide bonds. The Hall–Kier alpha value is -0.720. The van der Waals surface area contributed by atoms with Gasteiger partial charge in [-0.05, 0) is 24.3 Å². The van der Waals surface area contributed by atoms with Crippen molar-refractivity contribution < 1.29 is 18.3 Å². The van der Waals surface area contributed by atoms with E-state index < -0.39 is 21.7 Å². The van der Waals surface area contributed by atoms with Crippen LogP contribution in [0.2, 0.25) is 5.02 Å². The first kappa shape index (κ1) is 16.3. The minimum Gasteiger partial charge on any atom is -0.481 e. The van der Waals surface area contributed by atoms with Crippen molar-refractivity contribution in [1.29, 1.82) is 0 Å². The minimum atomic E-state index is -3.32. The van der Waals surface area contributed by atoms with Gasteiger partial charge in [0, 0.05) is 16.5 Å². The summed E-state index contributed by atoms with van der Waals surface area (Å²) in [7, 11) is -3.32. The predicted octanol–water partition coefficient (Wildman–Crippen LogP) is 2.57. The number of hydrogen-bond donors (Lipinski definition) is 1. The molecule has 0 bridgehead atoms. The van der Waals surface area contributed by atoms with Crippen molar-refractivity contribution in [2.45, 2.75) is 11.8 Å². The summed E-state index contributed by atoms with van der Waals surface area (Å²) in [5.41, 5.74) is 0. The van der Waals surface area contributed by atoms with E-state index in [4.69, 9.17) is 16.7 Å². The largest absolute Gasteiger partial charge is 0.481 e. The van der Waals surface area contributed by atoms with E-state index in [1.165, 1.54) is 36.0 Å². The van der Waals surface area contributed by atoms with E-state index in [0.717, 1.165) is 0 Å². The summed E-state index contributed by atoms with van der Waals surface area (Å²) in [4.78, 5) is 10.8. The van der Waals surface area contributed by atoms with Crippen molar-refractivity contribution in [3.63, 3.8) is 0 Å². The summed E-state index contributed by atoms with van der Waals surface area (Å²) in [5, 5.41) is 9.19. The Balaban J connectivity index is 2.48. The molecule has 0 aliphatic carbocycles. The Bertz CT molecular complexity index is 525. The molecular weight excluding hydrogens is 308 g/mol. The highest BCUT2D eigenvalue weighted by Gasteiger charge is 2.15. The van der Waals surface area contributed by atoms with Gasteiger partial charge in [0.25, 0.3) is 0 Å². The Labute approximate surface area is 122 Å². The maximum Gasteiger partial charge on any atom is 0.307 e. The first-order valence-corrected chi connectivity index (χ1v) is 8.80. The molecular formula is C12H15ClO4S2. The number of carboxylic acid groups (broad SMARTS) is 1. The third kappa shape index (κ3) is 5.42. The summed E-state index contributed by atoms with van der Waals surface area (Å²) >= 11 is 7.03. The Kier molecular flexibility index (Phi) is 6.16. The quantitative estimate of drug-likeness (QED) is 0.781. The summed E-state index contributed by atoms with van der Waals surface area (Å²) in [6.07, 6.45) is 0. The van der Waals surface area contributed by atoms with Gasteiger partial charge in [-0.1, -0.05) is 18.5 Å². The highest BCUT2D eigenvalue weighted by atomic mass is 35.5. The van der Waals surface area contributed by atoms with Crippen LogP contribution in [0, 0.1) is 5.92 Å². The molecule has 0 aliphatic rings. The average molecular weight is 323 g/mol. The summed E-state index contributed by atoms with van der Waals surface area (Å²) in [6.45, 7) is 1.60. The van der Waals surface area contributed by atoms with E-state index in [1.54, 1.807) is 6.92 Å². The van der Waals surface area contributed by atoms with Crippen molar-refractivity contribution in [2.24, 2.45) is 5.92 Å². The van der Waals surface area contributed by atoms with Crippen molar-refractivity contribution >= 4 is 39.2 Å². The molecule has 0 fully saturated rings. The smallest absolute Gasteiger partial charge is 0.307 e. The molecule has 0 saturated carbocycles. The first-order valence-electron chi connectivity index (χ1n) is 5.62. The maximum atomic E-state index is 11.9. The van der Waals surface area contributed by atoms with Gasteiger partial charge in [-0.2, -0.15) is 11.8 Å². The van der Waals surface area contributed by atoms with E-state index in [0.29, 0.717) is 16.5 Å². The number of carbonyl (C=O) groups is 1. The van der Waals surface area contributed by atoms with Crippen LogP contribution in [-0.4, -0.2) is 36.8 Å². The number of carboxylic acids is 1. The monoisotopic (exact) mass is 322 g/mol. The van der Waals surface area contributed by atoms with Gasteiger partial charge in [-0.25, -0.2) is 8.42 Å². The summed E-state index contributed by atoms with van der Waals surface area (Å²) in [6, 6.07) is 6.02. The van der Waals surface area contributed by atoms with E-state index >= 15 is 0 Å². The van der Waals surface area contributed by atoms with E-state index in [-0.39, 0.29) is 10.6 Å². The van der Waals surface area contributed by atoms with Crippen molar-refractivity contribution in [3.8, 4) is 0 Å². The Morgan fingerprint density at radius 2 is 1.95 bits per heavy atom. The summed E-state index contributed by atoms with van der Waals surface area (Å²) in [5.74, 6) is -0.559. The van der Waals surface area contributed by atoms with E-state index in [2.05, 4.69) is 0 Å². The predicted molar refractivity (Wildman–Crippen MR) is 77.6 cm³/mol. The molecule has 0 heterocycles. The lowest BCUT2D eigenvalue weighted by Crippen LogP contribution is -2.14. The van der Waals surface area contributed by atoms with Gasteiger partial charge in [0.1, 0.15) is 0 Å². The van der Waals surface area contributed by atoms with Crippen LogP contribution >= 0.6 is 23.4 Å². The van der Waals surface area contributed by atoms with Gasteiger partial charge < -0.3 is 5.11 Å². The molecule has 0 aromatic heterocycles. The van der Waals surface area contributed by atoms with E-state index in [1.807, 2.05) is 0 Å². The van der Waals surface area contributed by atoms with Gasteiger partial charge in [-0.15, -0.1) is 0 Å². The zero-order valence-corrected chi connectivity index (χ0v) is 12.8. The van der Waals surface area contributed by atoms with Gasteiger partial charge >= 0.3 is 5.97 Å². The van der Waals surface area contributed by atoms with Crippen LogP contribution in [0.15, 0.2) is 29.2 Å². The van der Waals surface area contributed by atoms with Crippen LogP contribution in [0.4, 0.5) is 0 Å². The van der Waals surface area contributed by atoms with Crippen molar-refractivity contribution in [3.05, 3.63) is 29.3 Å². The second kappa shape index (κ2) is 7.17. The number of thioether (sulfide) groups is 1. The average Bonchev–Trinajstić information content (AvgIpc) is 2.34. The van der Waals surface area contributed by atoms with Crippen LogP contribution in [0.1, 0.15) is 6.92 Å². The van der Waals surface area contributed by atoms with Gasteiger partial charge in [0.15, 0.2) is 9.84 Å². The second-order valence-corrected chi connectivity index (χ2v) is 7.78. The normalized spacial score (nSPS) is 13.2. The van der Waals surface area contributed by atoms with Crippen LogP contribution in [0.25, 0.3) is 0 Å². The molecule has 1 atom stereocenters. The lowest BCUT2D eigenvalue weighted by Gasteiger charge is -2.07. The number of rotatable bonds is 7. The highest BCUT2D eigenvalue weighted by Crippen LogP contribution is 2.17. The number of benzene rings is 1. The van der Waals surface area contributed by atoms with Crippen LogP contribution in [0.3, 0.4) is 0 Å². The molecule has 0 aliphatic heterocycles. The molecule has 19 heavy (non-hydrogen) atoms. The molecule has 1 N–H and O–H groups in total. The zero-order chi connectivity index (χ0) is 14.5. The molecule has 1 aromatic carbocycles. The van der Waals surface area contributed by atoms with Crippen molar-refractivity contribution in [2.75, 3.05) is 17.3 Å². The van der Waals surface area contributed by atoms with E-state index in [9.17, 15) is 13.2 Å². The van der Waals surface area contributed by atoms with Gasteiger partial charge in [0.05, 0.1) is 16.6 Å². The molecule has 1 rings (SSSR count). The Morgan fingerprint density at radius 3 is 2.47 bits per heavy atom. The maximum absolute atomic E-state index is 11.9. The van der Waals surface area contributed by atoms with Crippen molar-refractivity contribution in [1.82, 2.24) is 0 Å². The zero-order valence-electron chi connectivity index (χ0n) is 10.4. The lowest BCUT2D eigenvalue weighted by molar-refractivity contribution is -0.140. The molecule has 1 unspecified atom stereocenters. The second-order valence-electron chi connectivity index (χ2n) is 4.09. The molecule has 0 radical (unpaired) electrons. The fraction of sp³-hybridized carbons (Fsp3) is 0.417. The molecule has 4 nitrogen and oxygen atoms in total. The number of sulfone groups is 1. The molecule has 1 aromatic rings. The third-order valence-electron chi connectivity index (χ3n) is 2.46. The molecule has 0 spiro atoms. The third-order valence-corrected chi connectivity index (χ3v) is 5.93. The minimum absolute atomic E-state index is 0.00830. The number of hydrogen-bond acceptors (Lipinski definition) is 4. The number of aliphatic carboxylic acids is 1. The van der Waals surface area contributed by atoms with Crippen LogP contribution < -0.4 is 0 Å². The fourth-order valence-electron chi connectivity index (χ4n) is 1.26. The topological polar surface area (TPSA) is 71.4 Å².